The van der Waals surface area contributed by atoms with Gasteiger partial charge in [0.1, 0.15) is 0 Å². The molecule has 0 radical (unpaired) electrons. The summed E-state index contributed by atoms with van der Waals surface area (Å²) in [5, 5.41) is -4.65. The molecule has 0 bridgehead atoms. The number of hydrogen-bond donors (Lipinski definition) is 0. The molecule has 0 amide bonds. The summed E-state index contributed by atoms with van der Waals surface area (Å²) < 4.78 is 229. The van der Waals surface area contributed by atoms with Gasteiger partial charge in [-0.15, -0.1) is 0 Å². The molecule has 0 aliphatic heterocycles. The fourth-order valence-electron chi connectivity index (χ4n) is 4.28. The highest BCUT2D eigenvalue weighted by atomic mass is 14.1. The van der Waals surface area contributed by atoms with Crippen molar-refractivity contribution in [2.45, 2.75) is 0 Å². The maximum absolute atomic E-state index is 9.51. The van der Waals surface area contributed by atoms with Crippen LogP contribution in [-0.4, -0.2) is 0 Å². The molecule has 0 saturated carbocycles. The van der Waals surface area contributed by atoms with E-state index in [-0.39, 0.29) is 0 Å². The van der Waals surface area contributed by atoms with Gasteiger partial charge >= 0.3 is 0 Å². The van der Waals surface area contributed by atoms with E-state index < -0.39 is 234 Å². The average Bonchev–Trinajstić information content (AvgIpc) is 3.27. The summed E-state index contributed by atoms with van der Waals surface area (Å²) in [5.74, 6) is 0. The van der Waals surface area contributed by atoms with E-state index >= 15 is 0 Å². The van der Waals surface area contributed by atoms with Gasteiger partial charge < -0.3 is 0 Å². The van der Waals surface area contributed by atoms with Crippen LogP contribution in [-0.2, 0) is 0 Å². The van der Waals surface area contributed by atoms with Gasteiger partial charge in [0.2, 0.25) is 0 Å². The second-order valence-electron chi connectivity index (χ2n) is 8.50. The molecule has 40 heavy (non-hydrogen) atoms. The van der Waals surface area contributed by atoms with Gasteiger partial charge in [-0.2, -0.15) is 0 Å². The predicted molar refractivity (Wildman–Crippen MR) is 173 cm³/mol. The smallest absolute Gasteiger partial charge is 0.0616 e. The topological polar surface area (TPSA) is 0 Å². The molecular formula is C40H26. The van der Waals surface area contributed by atoms with Crippen LogP contribution in [0.5, 0.6) is 0 Å². The Hall–Kier alpha value is -5.20. The largest absolute Gasteiger partial charge is 0.0636 e. The van der Waals surface area contributed by atoms with Gasteiger partial charge in [0, 0.05) is 0 Å². The highest BCUT2D eigenvalue weighted by molar-refractivity contribution is 6.13. The first-order chi connectivity index (χ1) is 30.7. The van der Waals surface area contributed by atoms with Crippen LogP contribution in [0.1, 0.15) is 35.6 Å². The number of fused-ring (bicyclic) bond motifs is 5. The fourth-order valence-corrected chi connectivity index (χ4v) is 4.28. The zero-order chi connectivity index (χ0) is 49.1. The third-order valence-electron chi connectivity index (χ3n) is 6.12. The Morgan fingerprint density at radius 1 is 0.275 bits per heavy atom. The van der Waals surface area contributed by atoms with Gasteiger partial charge in [-0.3, -0.25) is 0 Å². The van der Waals surface area contributed by atoms with E-state index in [9.17, 15) is 6.85 Å². The lowest BCUT2D eigenvalue weighted by molar-refractivity contribution is 1.62. The first-order valence-electron chi connectivity index (χ1n) is 24.8. The molecular weight excluding hydrogens is 480 g/mol. The number of hydrogen-bond acceptors (Lipinski definition) is 0. The second-order valence-corrected chi connectivity index (χ2v) is 8.50. The molecule has 0 aliphatic rings. The third-order valence-corrected chi connectivity index (χ3v) is 6.12. The van der Waals surface area contributed by atoms with E-state index in [1.165, 1.54) is 0 Å². The first kappa shape index (κ1) is 8.65. The molecule has 0 heteroatoms. The Kier molecular flexibility index (Phi) is 1.99. The van der Waals surface area contributed by atoms with Gasteiger partial charge in [0.05, 0.1) is 35.6 Å². The average molecular weight is 533 g/mol. The summed E-state index contributed by atoms with van der Waals surface area (Å²) in [6, 6.07) is -22.9. The normalized spacial score (nSPS) is 20.6. The Morgan fingerprint density at radius 2 is 0.750 bits per heavy atom. The third kappa shape index (κ3) is 3.85. The minimum atomic E-state index is -1.03. The summed E-state index contributed by atoms with van der Waals surface area (Å²) in [5.41, 5.74) is -4.60. The van der Waals surface area contributed by atoms with E-state index in [4.69, 9.17) is 28.8 Å². The molecule has 8 rings (SSSR count). The van der Waals surface area contributed by atoms with Crippen LogP contribution in [0.3, 0.4) is 0 Å². The molecule has 0 aromatic heterocycles. The Labute approximate surface area is 270 Å². The predicted octanol–water partition coefficient (Wildman–Crippen LogP) is 11.3. The molecule has 0 atom stereocenters. The van der Waals surface area contributed by atoms with E-state index in [0.29, 0.717) is 0 Å². The lowest BCUT2D eigenvalue weighted by Crippen LogP contribution is -1.86. The van der Waals surface area contributed by atoms with Gasteiger partial charge in [-0.25, -0.2) is 0 Å². The maximum Gasteiger partial charge on any atom is 0.0636 e. The van der Waals surface area contributed by atoms with Crippen LogP contribution in [0.25, 0.3) is 76.5 Å². The van der Waals surface area contributed by atoms with E-state index in [1.807, 2.05) is 0 Å². The second kappa shape index (κ2) is 9.22. The SMILES string of the molecule is [2H]c1c([2H])c(-c2c([2H])c([2H])c3c([2H])c(-c4c([2H])c([2H])c5c([2H])c([2H])c([2H])c([2H])c5c4[2H])c([2H])c([2H])c3c2[2H])c([2H])c(-c2c([2H])c3c([2H])c([2H])c([2H])c([2H])c3c3c([2H])c([2H])c([2H])c([2H])c23)c1[2H]. The van der Waals surface area contributed by atoms with E-state index in [1.54, 1.807) is 0 Å². The monoisotopic (exact) mass is 532 g/mol. The molecule has 0 fully saturated rings. The summed E-state index contributed by atoms with van der Waals surface area (Å²) >= 11 is 0. The van der Waals surface area contributed by atoms with Crippen LogP contribution < -0.4 is 0 Å². The van der Waals surface area contributed by atoms with Gasteiger partial charge in [-0.1, -0.05) is 127 Å². The zero-order valence-electron chi connectivity index (χ0n) is 46.0. The van der Waals surface area contributed by atoms with Crippen molar-refractivity contribution in [2.75, 3.05) is 0 Å². The molecule has 8 aromatic carbocycles. The highest BCUT2D eigenvalue weighted by Gasteiger charge is 2.10. The van der Waals surface area contributed by atoms with Crippen LogP contribution in [0, 0.1) is 0 Å². The minimum Gasteiger partial charge on any atom is -0.0616 e. The highest BCUT2D eigenvalue weighted by Crippen LogP contribution is 2.37. The zero-order valence-corrected chi connectivity index (χ0v) is 20.0. The molecule has 8 aromatic rings. The standard InChI is InChI=1S/C40H26/c1-2-9-28-22-31(17-16-27(28)8-1)33-21-20-32-23-30(18-19-34(32)24-33)29-11-7-12-35(25-29)40-26-36-10-3-4-13-37(36)38-14-5-6-15-39(38)40/h1-26H/i1D,2D,3D,4D,5D,6D,7D,8D,9D,10D,11D,12D,13D,14D,15D,16D,17D,18D,19D,20D,21D,22D,23D,24D,25D,26D. The summed E-state index contributed by atoms with van der Waals surface area (Å²) in [7, 11) is 0. The van der Waals surface area contributed by atoms with Crippen molar-refractivity contribution in [1.29, 1.82) is 0 Å². The van der Waals surface area contributed by atoms with Crippen molar-refractivity contribution in [3.05, 3.63) is 157 Å². The van der Waals surface area contributed by atoms with Crippen molar-refractivity contribution >= 4 is 43.1 Å². The maximum atomic E-state index is 9.51. The Bertz CT molecular complexity index is 3650. The molecule has 0 unspecified atom stereocenters. The van der Waals surface area contributed by atoms with Gasteiger partial charge in [0.25, 0.3) is 0 Å². The van der Waals surface area contributed by atoms with Gasteiger partial charge in [0.15, 0.2) is 0 Å². The van der Waals surface area contributed by atoms with Crippen LogP contribution in [0.2, 0.25) is 0 Å². The Balaban J connectivity index is 1.53. The summed E-state index contributed by atoms with van der Waals surface area (Å²) in [6.45, 7) is 0. The van der Waals surface area contributed by atoms with Crippen LogP contribution >= 0.6 is 0 Å². The molecule has 0 heterocycles. The first-order valence-corrected chi connectivity index (χ1v) is 11.8. The molecule has 0 nitrogen and oxygen atoms in total. The van der Waals surface area contributed by atoms with Crippen molar-refractivity contribution in [3.8, 4) is 33.4 Å². The lowest BCUT2D eigenvalue weighted by atomic mass is 9.91. The van der Waals surface area contributed by atoms with Crippen LogP contribution in [0.4, 0.5) is 0 Å². The van der Waals surface area contributed by atoms with Crippen molar-refractivity contribution in [2.24, 2.45) is 0 Å². The fraction of sp³-hybridized carbons (Fsp3) is 0. The van der Waals surface area contributed by atoms with E-state index in [2.05, 4.69) is 0 Å². The quantitative estimate of drug-likeness (QED) is 0.198. The lowest BCUT2D eigenvalue weighted by Gasteiger charge is -2.13. The van der Waals surface area contributed by atoms with Crippen LogP contribution in [0.15, 0.2) is 157 Å². The van der Waals surface area contributed by atoms with Crippen molar-refractivity contribution in [3.63, 3.8) is 0 Å². The number of benzene rings is 8. The Morgan fingerprint density at radius 3 is 1.45 bits per heavy atom. The van der Waals surface area contributed by atoms with Crippen molar-refractivity contribution in [1.82, 2.24) is 0 Å². The van der Waals surface area contributed by atoms with Gasteiger partial charge in [-0.05, 0) is 107 Å². The summed E-state index contributed by atoms with van der Waals surface area (Å²) in [6.07, 6.45) is 0. The molecule has 186 valence electrons. The molecule has 0 aliphatic carbocycles. The molecule has 0 N–H and O–H groups in total. The molecule has 0 spiro atoms. The molecule has 0 saturated heterocycles. The van der Waals surface area contributed by atoms with E-state index in [0.717, 1.165) is 0 Å². The minimum absolute atomic E-state index is 0.490. The summed E-state index contributed by atoms with van der Waals surface area (Å²) in [4.78, 5) is 0. The van der Waals surface area contributed by atoms with Crippen molar-refractivity contribution < 1.29 is 35.6 Å². The number of rotatable bonds is 3.